The molecule has 1 aliphatic rings. The molecule has 1 saturated heterocycles. The average molecular weight is 502 g/mol. The number of amides is 2. The van der Waals surface area contributed by atoms with Gasteiger partial charge in [-0.05, 0) is 36.4 Å². The Morgan fingerprint density at radius 3 is 2.68 bits per heavy atom. The van der Waals surface area contributed by atoms with E-state index in [1.54, 1.807) is 65.3 Å². The normalized spacial score (nSPS) is 14.4. The van der Waals surface area contributed by atoms with Crippen LogP contribution in [0, 0.1) is 0 Å². The Labute approximate surface area is 208 Å². The van der Waals surface area contributed by atoms with Crippen molar-refractivity contribution in [1.29, 1.82) is 0 Å². The first-order chi connectivity index (χ1) is 16.3. The van der Waals surface area contributed by atoms with Crippen molar-refractivity contribution in [3.63, 3.8) is 0 Å². The SMILES string of the molecule is CN1CCN(CCOc2ccc(NC(=O)c3cccc(Cl)c3)cc2-c2c(Cl)cnn2C)CC1=O. The molecule has 1 N–H and O–H groups in total. The second-order valence-corrected chi connectivity index (χ2v) is 8.92. The van der Waals surface area contributed by atoms with Gasteiger partial charge in [-0.3, -0.25) is 19.2 Å². The molecule has 1 fully saturated rings. The minimum absolute atomic E-state index is 0.105. The highest BCUT2D eigenvalue weighted by atomic mass is 35.5. The third kappa shape index (κ3) is 5.52. The van der Waals surface area contributed by atoms with Crippen LogP contribution in [0.5, 0.6) is 5.75 Å². The van der Waals surface area contributed by atoms with Crippen molar-refractivity contribution < 1.29 is 14.3 Å². The van der Waals surface area contributed by atoms with Crippen LogP contribution in [0.3, 0.4) is 0 Å². The lowest BCUT2D eigenvalue weighted by Gasteiger charge is -2.31. The van der Waals surface area contributed by atoms with E-state index in [-0.39, 0.29) is 11.8 Å². The summed E-state index contributed by atoms with van der Waals surface area (Å²) in [4.78, 5) is 28.4. The predicted molar refractivity (Wildman–Crippen MR) is 133 cm³/mol. The minimum Gasteiger partial charge on any atom is -0.492 e. The maximum Gasteiger partial charge on any atom is 0.255 e. The van der Waals surface area contributed by atoms with Crippen molar-refractivity contribution in [1.82, 2.24) is 19.6 Å². The van der Waals surface area contributed by atoms with Gasteiger partial charge >= 0.3 is 0 Å². The molecule has 2 aromatic carbocycles. The molecule has 3 aromatic rings. The van der Waals surface area contributed by atoms with Crippen LogP contribution in [-0.4, -0.2) is 71.2 Å². The summed E-state index contributed by atoms with van der Waals surface area (Å²) < 4.78 is 7.76. The molecule has 0 bridgehead atoms. The number of carbonyl (C=O) groups is 2. The van der Waals surface area contributed by atoms with Crippen molar-refractivity contribution in [2.75, 3.05) is 45.2 Å². The van der Waals surface area contributed by atoms with Crippen LogP contribution in [0.15, 0.2) is 48.7 Å². The number of carbonyl (C=O) groups excluding carboxylic acids is 2. The summed E-state index contributed by atoms with van der Waals surface area (Å²) >= 11 is 12.4. The van der Waals surface area contributed by atoms with E-state index in [1.807, 2.05) is 7.05 Å². The molecule has 2 amide bonds. The Morgan fingerprint density at radius 2 is 1.97 bits per heavy atom. The van der Waals surface area contributed by atoms with Crippen molar-refractivity contribution in [2.24, 2.45) is 7.05 Å². The zero-order valence-electron chi connectivity index (χ0n) is 18.9. The zero-order valence-corrected chi connectivity index (χ0v) is 20.4. The molecule has 0 unspecified atom stereocenters. The molecule has 0 saturated carbocycles. The van der Waals surface area contributed by atoms with Gasteiger partial charge in [0, 0.05) is 55.6 Å². The van der Waals surface area contributed by atoms with E-state index in [0.717, 1.165) is 6.54 Å². The molecule has 178 valence electrons. The van der Waals surface area contributed by atoms with Crippen molar-refractivity contribution >= 4 is 40.7 Å². The Bertz CT molecular complexity index is 1190. The number of hydrogen-bond donors (Lipinski definition) is 1. The van der Waals surface area contributed by atoms with E-state index in [2.05, 4.69) is 15.3 Å². The van der Waals surface area contributed by atoms with E-state index in [9.17, 15) is 9.59 Å². The number of anilines is 1. The van der Waals surface area contributed by atoms with E-state index >= 15 is 0 Å². The smallest absolute Gasteiger partial charge is 0.255 e. The average Bonchev–Trinajstić information content (AvgIpc) is 3.14. The van der Waals surface area contributed by atoms with Gasteiger partial charge in [0.2, 0.25) is 5.91 Å². The third-order valence-electron chi connectivity index (χ3n) is 5.67. The van der Waals surface area contributed by atoms with Crippen LogP contribution in [0.25, 0.3) is 11.3 Å². The maximum absolute atomic E-state index is 12.7. The minimum atomic E-state index is -0.280. The summed E-state index contributed by atoms with van der Waals surface area (Å²) in [5.41, 5.74) is 2.40. The summed E-state index contributed by atoms with van der Waals surface area (Å²) in [6.45, 7) is 2.91. The van der Waals surface area contributed by atoms with E-state index in [0.29, 0.717) is 64.5 Å². The third-order valence-corrected chi connectivity index (χ3v) is 6.19. The molecule has 8 nitrogen and oxygen atoms in total. The number of nitrogens with one attached hydrogen (secondary N) is 1. The van der Waals surface area contributed by atoms with Crippen molar-refractivity contribution in [3.05, 3.63) is 64.3 Å². The zero-order chi connectivity index (χ0) is 24.2. The molecular weight excluding hydrogens is 477 g/mol. The number of aryl methyl sites for hydroxylation is 1. The van der Waals surface area contributed by atoms with Gasteiger partial charge < -0.3 is 15.0 Å². The number of ether oxygens (including phenoxy) is 1. The molecule has 10 heteroatoms. The highest BCUT2D eigenvalue weighted by Crippen LogP contribution is 2.36. The first kappa shape index (κ1) is 24.1. The molecule has 4 rings (SSSR count). The molecule has 34 heavy (non-hydrogen) atoms. The Hall–Kier alpha value is -3.07. The molecule has 0 spiro atoms. The molecular formula is C24H25Cl2N5O3. The standard InChI is InChI=1S/C24H25Cl2N5O3/c1-29-8-9-31(15-22(29)32)10-11-34-21-7-6-18(13-19(21)23-20(26)14-27-30(23)2)28-24(33)16-4-3-5-17(25)12-16/h3-7,12-14H,8-11,15H2,1-2H3,(H,28,33). The molecule has 0 atom stereocenters. The fourth-order valence-electron chi connectivity index (χ4n) is 3.75. The monoisotopic (exact) mass is 501 g/mol. The lowest BCUT2D eigenvalue weighted by Crippen LogP contribution is -2.49. The molecule has 1 aromatic heterocycles. The van der Waals surface area contributed by atoms with E-state index in [1.165, 1.54) is 0 Å². The van der Waals surface area contributed by atoms with Gasteiger partial charge in [0.05, 0.1) is 23.5 Å². The fourth-order valence-corrected chi connectivity index (χ4v) is 4.21. The van der Waals surface area contributed by atoms with E-state index in [4.69, 9.17) is 27.9 Å². The summed E-state index contributed by atoms with van der Waals surface area (Å²) in [5.74, 6) is 0.429. The predicted octanol–water partition coefficient (Wildman–Crippen LogP) is 3.80. The number of hydrogen-bond acceptors (Lipinski definition) is 5. The second kappa shape index (κ2) is 10.5. The maximum atomic E-state index is 12.7. The van der Waals surface area contributed by atoms with Crippen LogP contribution >= 0.6 is 23.2 Å². The van der Waals surface area contributed by atoms with Gasteiger partial charge in [-0.1, -0.05) is 29.3 Å². The second-order valence-electron chi connectivity index (χ2n) is 8.08. The number of halogens is 2. The van der Waals surface area contributed by atoms with Gasteiger partial charge in [0.1, 0.15) is 12.4 Å². The summed E-state index contributed by atoms with van der Waals surface area (Å²) in [6.07, 6.45) is 1.56. The lowest BCUT2D eigenvalue weighted by molar-refractivity contribution is -0.134. The van der Waals surface area contributed by atoms with E-state index < -0.39 is 0 Å². The lowest BCUT2D eigenvalue weighted by atomic mass is 10.1. The Morgan fingerprint density at radius 1 is 1.15 bits per heavy atom. The summed E-state index contributed by atoms with van der Waals surface area (Å²) in [7, 11) is 3.60. The first-order valence-electron chi connectivity index (χ1n) is 10.8. The molecule has 0 radical (unpaired) electrons. The van der Waals surface area contributed by atoms with Crippen LogP contribution in [0.1, 0.15) is 10.4 Å². The number of aromatic nitrogens is 2. The van der Waals surface area contributed by atoms with Crippen LogP contribution < -0.4 is 10.1 Å². The van der Waals surface area contributed by atoms with Gasteiger partial charge in [0.25, 0.3) is 5.91 Å². The highest BCUT2D eigenvalue weighted by Gasteiger charge is 2.21. The van der Waals surface area contributed by atoms with Gasteiger partial charge in [0.15, 0.2) is 0 Å². The fraction of sp³-hybridized carbons (Fsp3) is 0.292. The Balaban J connectivity index is 1.53. The number of benzene rings is 2. The highest BCUT2D eigenvalue weighted by molar-refractivity contribution is 6.33. The Kier molecular flexibility index (Phi) is 7.41. The topological polar surface area (TPSA) is 79.7 Å². The quantitative estimate of drug-likeness (QED) is 0.532. The molecule has 0 aliphatic carbocycles. The molecule has 1 aliphatic heterocycles. The number of piperazine rings is 1. The first-order valence-corrected chi connectivity index (χ1v) is 11.6. The van der Waals surface area contributed by atoms with Gasteiger partial charge in [-0.2, -0.15) is 5.10 Å². The van der Waals surface area contributed by atoms with Gasteiger partial charge in [-0.15, -0.1) is 0 Å². The number of nitrogens with zero attached hydrogens (tertiary/aromatic N) is 4. The summed E-state index contributed by atoms with van der Waals surface area (Å²) in [6, 6.07) is 12.1. The van der Waals surface area contributed by atoms with Crippen LogP contribution in [0.4, 0.5) is 5.69 Å². The number of rotatable bonds is 7. The van der Waals surface area contributed by atoms with Gasteiger partial charge in [-0.25, -0.2) is 0 Å². The summed E-state index contributed by atoms with van der Waals surface area (Å²) in [5, 5.41) is 8.08. The van der Waals surface area contributed by atoms with Crippen molar-refractivity contribution in [2.45, 2.75) is 0 Å². The van der Waals surface area contributed by atoms with Crippen LogP contribution in [-0.2, 0) is 11.8 Å². The largest absolute Gasteiger partial charge is 0.492 e. The molecule has 2 heterocycles. The number of likely N-dealkylation sites (N-methyl/N-ethyl adjacent to an activating group) is 1. The van der Waals surface area contributed by atoms with Crippen LogP contribution in [0.2, 0.25) is 10.0 Å². The van der Waals surface area contributed by atoms with Crippen molar-refractivity contribution in [3.8, 4) is 17.0 Å².